The lowest BCUT2D eigenvalue weighted by Crippen LogP contribution is -2.28. The van der Waals surface area contributed by atoms with Gasteiger partial charge in [0, 0.05) is 67.6 Å². The number of ether oxygens (including phenoxy) is 2. The van der Waals surface area contributed by atoms with Gasteiger partial charge in [0.05, 0.1) is 26.3 Å². The van der Waals surface area contributed by atoms with E-state index in [1.54, 1.807) is 0 Å². The number of hydrogen-bond donors (Lipinski definition) is 0. The van der Waals surface area contributed by atoms with Gasteiger partial charge in [0.15, 0.2) is 11.9 Å². The van der Waals surface area contributed by atoms with Crippen LogP contribution in [0.15, 0.2) is 28.2 Å². The highest BCUT2D eigenvalue weighted by atomic mass is 16.5. The molecular weight excluding hydrogens is 428 g/mol. The number of benzene rings is 1. The maximum Gasteiger partial charge on any atom is 0.196 e. The van der Waals surface area contributed by atoms with Crippen molar-refractivity contribution >= 4 is 11.9 Å². The molecule has 0 unspecified atom stereocenters. The first-order valence-electron chi connectivity index (χ1n) is 12.7. The average Bonchev–Trinajstić information content (AvgIpc) is 3.33. The molecule has 0 saturated carbocycles. The van der Waals surface area contributed by atoms with Gasteiger partial charge in [0.25, 0.3) is 0 Å². The zero-order valence-corrected chi connectivity index (χ0v) is 21.9. The Labute approximate surface area is 206 Å². The number of nitrogens with zero attached hydrogens (tertiary/aromatic N) is 6. The molecule has 0 amide bonds. The molecule has 3 rings (SSSR count). The summed E-state index contributed by atoms with van der Waals surface area (Å²) >= 11 is 0. The number of guanidine groups is 2. The minimum absolute atomic E-state index is 0.673. The first-order chi connectivity index (χ1) is 16.5. The van der Waals surface area contributed by atoms with Crippen LogP contribution in [0, 0.1) is 0 Å². The molecule has 0 atom stereocenters. The van der Waals surface area contributed by atoms with Gasteiger partial charge in [-0.15, -0.1) is 0 Å². The third kappa shape index (κ3) is 7.60. The van der Waals surface area contributed by atoms with E-state index in [9.17, 15) is 0 Å². The van der Waals surface area contributed by atoms with Crippen LogP contribution in [0.4, 0.5) is 0 Å². The summed E-state index contributed by atoms with van der Waals surface area (Å²) in [5.74, 6) is 2.13. The summed E-state index contributed by atoms with van der Waals surface area (Å²) in [6, 6.07) is 6.80. The monoisotopic (exact) mass is 472 g/mol. The SMILES string of the molecule is CCCOCCOCCCc1ccc(CN=C2N(C)CCN2C)c(CN=C2N(C)CCN2C)c1. The maximum absolute atomic E-state index is 5.73. The number of likely N-dealkylation sites (N-methyl/N-ethyl adjacent to an activating group) is 4. The van der Waals surface area contributed by atoms with Gasteiger partial charge in [-0.05, 0) is 36.0 Å². The van der Waals surface area contributed by atoms with Crippen molar-refractivity contribution in [3.8, 4) is 0 Å². The molecule has 2 saturated heterocycles. The smallest absolute Gasteiger partial charge is 0.196 e. The van der Waals surface area contributed by atoms with Gasteiger partial charge in [-0.3, -0.25) is 0 Å². The summed E-state index contributed by atoms with van der Waals surface area (Å²) < 4.78 is 11.2. The van der Waals surface area contributed by atoms with Crippen LogP contribution in [0.5, 0.6) is 0 Å². The Bertz CT molecular complexity index is 804. The molecule has 0 N–H and O–H groups in total. The molecule has 0 radical (unpaired) electrons. The van der Waals surface area contributed by atoms with Crippen LogP contribution >= 0.6 is 0 Å². The Kier molecular flexibility index (Phi) is 10.5. The summed E-state index contributed by atoms with van der Waals surface area (Å²) in [6.45, 7) is 10.5. The van der Waals surface area contributed by atoms with Gasteiger partial charge in [0.2, 0.25) is 0 Å². The zero-order chi connectivity index (χ0) is 24.3. The van der Waals surface area contributed by atoms with Gasteiger partial charge in [-0.25, -0.2) is 9.98 Å². The summed E-state index contributed by atoms with van der Waals surface area (Å²) in [4.78, 5) is 18.8. The van der Waals surface area contributed by atoms with E-state index in [4.69, 9.17) is 19.5 Å². The number of rotatable bonds is 13. The predicted molar refractivity (Wildman–Crippen MR) is 139 cm³/mol. The van der Waals surface area contributed by atoms with Crippen LogP contribution in [-0.2, 0) is 29.0 Å². The van der Waals surface area contributed by atoms with Crippen LogP contribution < -0.4 is 0 Å². The first-order valence-corrected chi connectivity index (χ1v) is 12.7. The molecule has 8 heteroatoms. The molecule has 2 aliphatic rings. The molecule has 2 fully saturated rings. The Morgan fingerprint density at radius 3 is 1.79 bits per heavy atom. The predicted octanol–water partition coefficient (Wildman–Crippen LogP) is 2.53. The van der Waals surface area contributed by atoms with Crippen LogP contribution in [0.2, 0.25) is 0 Å². The number of aryl methyl sites for hydroxylation is 1. The highest BCUT2D eigenvalue weighted by Crippen LogP contribution is 2.18. The topological polar surface area (TPSA) is 56.1 Å². The lowest BCUT2D eigenvalue weighted by Gasteiger charge is -2.18. The van der Waals surface area contributed by atoms with E-state index in [2.05, 4.69) is 72.9 Å². The van der Waals surface area contributed by atoms with Gasteiger partial charge in [-0.2, -0.15) is 0 Å². The van der Waals surface area contributed by atoms with E-state index < -0.39 is 0 Å². The van der Waals surface area contributed by atoms with Crippen molar-refractivity contribution in [2.45, 2.75) is 39.3 Å². The van der Waals surface area contributed by atoms with E-state index in [0.717, 1.165) is 70.6 Å². The summed E-state index contributed by atoms with van der Waals surface area (Å²) in [5, 5.41) is 0. The summed E-state index contributed by atoms with van der Waals surface area (Å²) in [6.07, 6.45) is 3.06. The maximum atomic E-state index is 5.73. The molecular formula is C26H44N6O2. The van der Waals surface area contributed by atoms with E-state index in [-0.39, 0.29) is 0 Å². The van der Waals surface area contributed by atoms with Crippen molar-refractivity contribution < 1.29 is 9.47 Å². The number of aliphatic imine (C=N–C) groups is 2. The van der Waals surface area contributed by atoms with Crippen LogP contribution in [0.3, 0.4) is 0 Å². The second-order valence-corrected chi connectivity index (χ2v) is 9.35. The molecule has 0 aliphatic carbocycles. The van der Waals surface area contributed by atoms with Gasteiger partial charge in [0.1, 0.15) is 0 Å². The zero-order valence-electron chi connectivity index (χ0n) is 21.9. The highest BCUT2D eigenvalue weighted by Gasteiger charge is 2.21. The van der Waals surface area contributed by atoms with Crippen molar-refractivity contribution in [2.75, 3.05) is 80.8 Å². The molecule has 190 valence electrons. The second kappa shape index (κ2) is 13.5. The Morgan fingerprint density at radius 1 is 0.706 bits per heavy atom. The van der Waals surface area contributed by atoms with Gasteiger partial charge >= 0.3 is 0 Å². The fourth-order valence-electron chi connectivity index (χ4n) is 4.36. The molecule has 1 aromatic rings. The first kappa shape index (κ1) is 26.3. The van der Waals surface area contributed by atoms with E-state index in [0.29, 0.717) is 26.3 Å². The third-order valence-electron chi connectivity index (χ3n) is 6.43. The Balaban J connectivity index is 1.63. The standard InChI is InChI=1S/C26H44N6O2/c1-6-15-33-17-18-34-16-7-8-22-9-10-23(20-27-25-29(2)11-12-30(25)3)24(19-22)21-28-26-31(4)13-14-32(26)5/h9-10,19H,6-8,11-18,20-21H2,1-5H3. The molecule has 1 aromatic carbocycles. The molecule has 0 bridgehead atoms. The van der Waals surface area contributed by atoms with E-state index in [1.165, 1.54) is 16.7 Å². The van der Waals surface area contributed by atoms with Gasteiger partial charge < -0.3 is 29.1 Å². The highest BCUT2D eigenvalue weighted by molar-refractivity contribution is 5.82. The molecule has 0 aromatic heterocycles. The lowest BCUT2D eigenvalue weighted by molar-refractivity contribution is 0.0472. The molecule has 34 heavy (non-hydrogen) atoms. The van der Waals surface area contributed by atoms with E-state index >= 15 is 0 Å². The molecule has 2 heterocycles. The molecule has 2 aliphatic heterocycles. The fourth-order valence-corrected chi connectivity index (χ4v) is 4.36. The summed E-state index contributed by atoms with van der Waals surface area (Å²) in [7, 11) is 8.46. The molecule has 0 spiro atoms. The van der Waals surface area contributed by atoms with Gasteiger partial charge in [-0.1, -0.05) is 25.1 Å². The van der Waals surface area contributed by atoms with Crippen LogP contribution in [-0.4, -0.2) is 112 Å². The van der Waals surface area contributed by atoms with Crippen molar-refractivity contribution in [1.29, 1.82) is 0 Å². The minimum atomic E-state index is 0.673. The Hall–Kier alpha value is -2.32. The normalized spacial score (nSPS) is 16.3. The number of hydrogen-bond acceptors (Lipinski definition) is 4. The van der Waals surface area contributed by atoms with Crippen molar-refractivity contribution in [3.05, 3.63) is 34.9 Å². The quantitative estimate of drug-likeness (QED) is 0.411. The van der Waals surface area contributed by atoms with Crippen molar-refractivity contribution in [3.63, 3.8) is 0 Å². The minimum Gasteiger partial charge on any atom is -0.379 e. The fraction of sp³-hybridized carbons (Fsp3) is 0.692. The van der Waals surface area contributed by atoms with E-state index in [1.807, 2.05) is 0 Å². The second-order valence-electron chi connectivity index (χ2n) is 9.35. The van der Waals surface area contributed by atoms with Crippen molar-refractivity contribution in [2.24, 2.45) is 9.98 Å². The van der Waals surface area contributed by atoms with Crippen LogP contribution in [0.25, 0.3) is 0 Å². The summed E-state index contributed by atoms with van der Waals surface area (Å²) in [5.41, 5.74) is 3.85. The largest absolute Gasteiger partial charge is 0.379 e. The lowest BCUT2D eigenvalue weighted by atomic mass is 10.0. The molecule has 8 nitrogen and oxygen atoms in total. The van der Waals surface area contributed by atoms with Crippen molar-refractivity contribution in [1.82, 2.24) is 19.6 Å². The average molecular weight is 473 g/mol. The Morgan fingerprint density at radius 2 is 1.24 bits per heavy atom. The third-order valence-corrected chi connectivity index (χ3v) is 6.43. The van der Waals surface area contributed by atoms with Crippen LogP contribution in [0.1, 0.15) is 36.5 Å².